The molecule has 2 aromatic heterocycles. The number of nitrogens with zero attached hydrogens (tertiary/aromatic N) is 1. The van der Waals surface area contributed by atoms with Gasteiger partial charge in [0.1, 0.15) is 12.1 Å². The average molecular weight is 432 g/mol. The van der Waals surface area contributed by atoms with E-state index in [9.17, 15) is 14.0 Å². The fourth-order valence-corrected chi connectivity index (χ4v) is 4.56. The Balaban J connectivity index is 1.31. The predicted molar refractivity (Wildman–Crippen MR) is 118 cm³/mol. The van der Waals surface area contributed by atoms with Gasteiger partial charge < -0.3 is 14.6 Å². The molecule has 31 heavy (non-hydrogen) atoms. The van der Waals surface area contributed by atoms with Gasteiger partial charge in [0.25, 0.3) is 11.8 Å². The predicted octanol–water partition coefficient (Wildman–Crippen LogP) is 5.60. The second-order valence-electron chi connectivity index (χ2n) is 7.19. The molecule has 5 rings (SSSR count). The summed E-state index contributed by atoms with van der Waals surface area (Å²) in [5.41, 5.74) is 3.91. The molecule has 0 aliphatic carbocycles. The molecular formula is C24H17FN2O3S. The number of amides is 2. The van der Waals surface area contributed by atoms with Crippen molar-refractivity contribution in [1.29, 1.82) is 0 Å². The first kappa shape index (κ1) is 19.3. The minimum Gasteiger partial charge on any atom is -0.472 e. The van der Waals surface area contributed by atoms with Crippen molar-refractivity contribution in [1.82, 2.24) is 0 Å². The van der Waals surface area contributed by atoms with E-state index in [1.165, 1.54) is 36.0 Å². The first-order valence-corrected chi connectivity index (χ1v) is 10.5. The van der Waals surface area contributed by atoms with E-state index in [0.29, 0.717) is 22.7 Å². The fourth-order valence-electron chi connectivity index (χ4n) is 3.65. The minimum absolute atomic E-state index is 0.101. The smallest absolute Gasteiger partial charge is 0.265 e. The summed E-state index contributed by atoms with van der Waals surface area (Å²) in [6.07, 6.45) is 3.64. The van der Waals surface area contributed by atoms with Gasteiger partial charge in [0.05, 0.1) is 16.7 Å². The van der Waals surface area contributed by atoms with E-state index < -0.39 is 0 Å². The monoisotopic (exact) mass is 432 g/mol. The number of fused-ring (bicyclic) bond motifs is 1. The Morgan fingerprint density at radius 2 is 1.87 bits per heavy atom. The van der Waals surface area contributed by atoms with Gasteiger partial charge in [0.15, 0.2) is 0 Å². The summed E-state index contributed by atoms with van der Waals surface area (Å²) in [5.74, 6) is -0.598. The molecule has 4 aromatic rings. The number of halogens is 1. The number of anilines is 2. The zero-order valence-electron chi connectivity index (χ0n) is 16.3. The summed E-state index contributed by atoms with van der Waals surface area (Å²) < 4.78 is 18.1. The molecule has 2 aromatic carbocycles. The number of hydrogen-bond donors (Lipinski definition) is 1. The highest BCUT2D eigenvalue weighted by atomic mass is 32.1. The van der Waals surface area contributed by atoms with E-state index >= 15 is 0 Å². The summed E-state index contributed by atoms with van der Waals surface area (Å²) in [5, 5.41) is 2.93. The molecule has 0 unspecified atom stereocenters. The van der Waals surface area contributed by atoms with Crippen molar-refractivity contribution >= 4 is 34.5 Å². The Kier molecular flexibility index (Phi) is 4.88. The number of carbonyl (C=O) groups excluding carboxylic acids is 2. The van der Waals surface area contributed by atoms with Crippen molar-refractivity contribution in [2.45, 2.75) is 6.42 Å². The van der Waals surface area contributed by atoms with Crippen LogP contribution in [0.2, 0.25) is 0 Å². The SMILES string of the molecule is O=C(Nc1ccc2c(c1)CCN2C(=O)c1ccoc1)c1ccc(-c2ccc(F)cc2)s1. The zero-order valence-corrected chi connectivity index (χ0v) is 17.1. The van der Waals surface area contributed by atoms with Crippen LogP contribution in [-0.4, -0.2) is 18.4 Å². The van der Waals surface area contributed by atoms with Crippen molar-refractivity contribution in [2.75, 3.05) is 16.8 Å². The van der Waals surface area contributed by atoms with E-state index in [1.807, 2.05) is 18.2 Å². The highest BCUT2D eigenvalue weighted by Crippen LogP contribution is 2.33. The van der Waals surface area contributed by atoms with Gasteiger partial charge in [-0.15, -0.1) is 11.3 Å². The Bertz CT molecular complexity index is 1260. The van der Waals surface area contributed by atoms with Gasteiger partial charge >= 0.3 is 0 Å². The topological polar surface area (TPSA) is 62.6 Å². The lowest BCUT2D eigenvalue weighted by molar-refractivity contribution is 0.0987. The number of rotatable bonds is 4. The fraction of sp³-hybridized carbons (Fsp3) is 0.0833. The molecule has 0 radical (unpaired) electrons. The summed E-state index contributed by atoms with van der Waals surface area (Å²) in [4.78, 5) is 28.5. The molecule has 0 spiro atoms. The van der Waals surface area contributed by atoms with Crippen molar-refractivity contribution in [3.05, 3.63) is 95.0 Å². The third-order valence-electron chi connectivity index (χ3n) is 5.20. The zero-order chi connectivity index (χ0) is 21.4. The lowest BCUT2D eigenvalue weighted by atomic mass is 10.1. The summed E-state index contributed by atoms with van der Waals surface area (Å²) >= 11 is 1.35. The normalized spacial score (nSPS) is 12.6. The van der Waals surface area contributed by atoms with E-state index in [-0.39, 0.29) is 17.6 Å². The van der Waals surface area contributed by atoms with Crippen LogP contribution in [0, 0.1) is 5.82 Å². The third kappa shape index (κ3) is 3.75. The molecule has 7 heteroatoms. The minimum atomic E-state index is -0.292. The number of carbonyl (C=O) groups is 2. The lowest BCUT2D eigenvalue weighted by Crippen LogP contribution is -2.28. The Morgan fingerprint density at radius 3 is 2.65 bits per heavy atom. The summed E-state index contributed by atoms with van der Waals surface area (Å²) in [6, 6.07) is 17.0. The van der Waals surface area contributed by atoms with Crippen molar-refractivity contribution < 1.29 is 18.4 Å². The van der Waals surface area contributed by atoms with E-state index in [0.717, 1.165) is 28.1 Å². The number of nitrogens with one attached hydrogen (secondary N) is 1. The van der Waals surface area contributed by atoms with Crippen LogP contribution in [-0.2, 0) is 6.42 Å². The lowest BCUT2D eigenvalue weighted by Gasteiger charge is -2.16. The molecular weight excluding hydrogens is 415 g/mol. The molecule has 0 atom stereocenters. The van der Waals surface area contributed by atoms with Crippen LogP contribution in [0.4, 0.5) is 15.8 Å². The molecule has 1 aliphatic heterocycles. The van der Waals surface area contributed by atoms with E-state index in [1.54, 1.807) is 35.2 Å². The van der Waals surface area contributed by atoms with Crippen molar-refractivity contribution in [3.8, 4) is 10.4 Å². The average Bonchev–Trinajstić information content (AvgIpc) is 3.54. The molecule has 0 bridgehead atoms. The number of benzene rings is 2. The molecule has 3 heterocycles. The molecule has 0 saturated heterocycles. The maximum absolute atomic E-state index is 13.1. The van der Waals surface area contributed by atoms with Crippen LogP contribution < -0.4 is 10.2 Å². The van der Waals surface area contributed by atoms with Crippen LogP contribution in [0.5, 0.6) is 0 Å². The van der Waals surface area contributed by atoms with E-state index in [2.05, 4.69) is 5.32 Å². The first-order valence-electron chi connectivity index (χ1n) is 9.72. The van der Waals surface area contributed by atoms with Crippen LogP contribution in [0.3, 0.4) is 0 Å². The standard InChI is InChI=1S/C24H17FN2O3S/c25-18-3-1-15(2-4-18)21-7-8-22(31-21)23(28)26-19-5-6-20-16(13-19)9-11-27(20)24(29)17-10-12-30-14-17/h1-8,10,12-14H,9,11H2,(H,26,28). The van der Waals surface area contributed by atoms with E-state index in [4.69, 9.17) is 4.42 Å². The van der Waals surface area contributed by atoms with Crippen LogP contribution in [0.1, 0.15) is 25.6 Å². The van der Waals surface area contributed by atoms with Gasteiger partial charge in [-0.05, 0) is 66.1 Å². The van der Waals surface area contributed by atoms with Crippen LogP contribution in [0.25, 0.3) is 10.4 Å². The molecule has 1 aliphatic rings. The van der Waals surface area contributed by atoms with Crippen molar-refractivity contribution in [3.63, 3.8) is 0 Å². The molecule has 5 nitrogen and oxygen atoms in total. The highest BCUT2D eigenvalue weighted by molar-refractivity contribution is 7.17. The molecule has 1 N–H and O–H groups in total. The number of furan rings is 1. The quantitative estimate of drug-likeness (QED) is 0.456. The van der Waals surface area contributed by atoms with Gasteiger partial charge in [-0.2, -0.15) is 0 Å². The van der Waals surface area contributed by atoms with Gasteiger partial charge in [-0.1, -0.05) is 12.1 Å². The van der Waals surface area contributed by atoms with Gasteiger partial charge in [-0.3, -0.25) is 9.59 Å². The Labute approximate surface area is 181 Å². The largest absolute Gasteiger partial charge is 0.472 e. The highest BCUT2D eigenvalue weighted by Gasteiger charge is 2.26. The maximum atomic E-state index is 13.1. The van der Waals surface area contributed by atoms with Crippen LogP contribution in [0.15, 0.2) is 77.6 Å². The molecule has 0 saturated carbocycles. The van der Waals surface area contributed by atoms with Gasteiger partial charge in [-0.25, -0.2) is 4.39 Å². The third-order valence-corrected chi connectivity index (χ3v) is 6.34. The summed E-state index contributed by atoms with van der Waals surface area (Å²) in [7, 11) is 0. The van der Waals surface area contributed by atoms with Crippen LogP contribution >= 0.6 is 11.3 Å². The van der Waals surface area contributed by atoms with Crippen molar-refractivity contribution in [2.24, 2.45) is 0 Å². The molecule has 0 fully saturated rings. The maximum Gasteiger partial charge on any atom is 0.265 e. The first-order chi connectivity index (χ1) is 15.1. The summed E-state index contributed by atoms with van der Waals surface area (Å²) in [6.45, 7) is 0.586. The Morgan fingerprint density at radius 1 is 1.03 bits per heavy atom. The Hall–Kier alpha value is -3.71. The molecule has 154 valence electrons. The van der Waals surface area contributed by atoms with Gasteiger partial charge in [0.2, 0.25) is 0 Å². The number of hydrogen-bond acceptors (Lipinski definition) is 4. The number of thiophene rings is 1. The molecule has 2 amide bonds. The second-order valence-corrected chi connectivity index (χ2v) is 8.27. The van der Waals surface area contributed by atoms with Gasteiger partial charge in [0, 0.05) is 22.8 Å². The second kappa shape index (κ2) is 7.85.